The highest BCUT2D eigenvalue weighted by Gasteiger charge is 2.12. The van der Waals surface area contributed by atoms with Gasteiger partial charge in [0.2, 0.25) is 0 Å². The number of nitrogen functional groups attached to an aromatic ring is 1. The number of nitrogens with one attached hydrogen (secondary N) is 1. The van der Waals surface area contributed by atoms with Crippen molar-refractivity contribution in [1.82, 2.24) is 5.32 Å². The van der Waals surface area contributed by atoms with Gasteiger partial charge in [0.15, 0.2) is 0 Å². The highest BCUT2D eigenvalue weighted by atomic mass is 16.5. The topological polar surface area (TPSA) is 77.5 Å². The molecule has 0 aliphatic rings. The molecule has 2 aromatic rings. The van der Waals surface area contributed by atoms with Crippen LogP contribution in [0, 0.1) is 0 Å². The van der Waals surface area contributed by atoms with Gasteiger partial charge in [-0.2, -0.15) is 0 Å². The lowest BCUT2D eigenvalue weighted by atomic mass is 10.1. The first-order valence-corrected chi connectivity index (χ1v) is 6.42. The maximum Gasteiger partial charge on any atom is 0.255 e. The number of carbonyl (C=O) groups excluding carboxylic acids is 1. The Hall–Kier alpha value is -2.43. The zero-order valence-electron chi connectivity index (χ0n) is 11.6. The summed E-state index contributed by atoms with van der Waals surface area (Å²) in [4.78, 5) is 12.0. The van der Waals surface area contributed by atoms with Gasteiger partial charge in [-0.25, -0.2) is 0 Å². The third-order valence-electron chi connectivity index (χ3n) is 3.06. The number of hydrogen-bond donors (Lipinski definition) is 2. The summed E-state index contributed by atoms with van der Waals surface area (Å²) in [6.07, 6.45) is 2.21. The molecule has 0 atom stereocenters. The summed E-state index contributed by atoms with van der Waals surface area (Å²) in [5, 5.41) is 2.85. The van der Waals surface area contributed by atoms with E-state index < -0.39 is 0 Å². The lowest BCUT2D eigenvalue weighted by molar-refractivity contribution is 0.0949. The third kappa shape index (κ3) is 2.93. The van der Waals surface area contributed by atoms with E-state index in [1.807, 2.05) is 13.0 Å². The molecule has 0 spiro atoms. The molecule has 0 saturated heterocycles. The van der Waals surface area contributed by atoms with Crippen LogP contribution in [0.2, 0.25) is 0 Å². The molecule has 5 heteroatoms. The normalized spacial score (nSPS) is 10.3. The van der Waals surface area contributed by atoms with Crippen LogP contribution in [0.15, 0.2) is 34.9 Å². The van der Waals surface area contributed by atoms with Crippen molar-refractivity contribution in [2.24, 2.45) is 0 Å². The largest absolute Gasteiger partial charge is 0.495 e. The summed E-state index contributed by atoms with van der Waals surface area (Å²) in [6.45, 7) is 2.35. The highest BCUT2D eigenvalue weighted by molar-refractivity contribution is 5.95. The minimum absolute atomic E-state index is 0.148. The van der Waals surface area contributed by atoms with E-state index in [-0.39, 0.29) is 5.91 Å². The molecule has 3 N–H and O–H groups in total. The van der Waals surface area contributed by atoms with Crippen molar-refractivity contribution in [3.8, 4) is 5.75 Å². The smallest absolute Gasteiger partial charge is 0.255 e. The van der Waals surface area contributed by atoms with Gasteiger partial charge in [-0.15, -0.1) is 0 Å². The van der Waals surface area contributed by atoms with Gasteiger partial charge in [0.25, 0.3) is 5.91 Å². The van der Waals surface area contributed by atoms with Gasteiger partial charge in [0.05, 0.1) is 24.6 Å². The maximum atomic E-state index is 12.0. The summed E-state index contributed by atoms with van der Waals surface area (Å²) < 4.78 is 10.3. The number of hydrogen-bond acceptors (Lipinski definition) is 4. The van der Waals surface area contributed by atoms with Crippen LogP contribution in [0.4, 0.5) is 5.69 Å². The summed E-state index contributed by atoms with van der Waals surface area (Å²) in [7, 11) is 1.57. The van der Waals surface area contributed by atoms with Crippen molar-refractivity contribution in [3.05, 3.63) is 47.4 Å². The van der Waals surface area contributed by atoms with Gasteiger partial charge in [0.1, 0.15) is 11.5 Å². The van der Waals surface area contributed by atoms with E-state index in [9.17, 15) is 4.79 Å². The molecule has 106 valence electrons. The third-order valence-corrected chi connectivity index (χ3v) is 3.06. The zero-order chi connectivity index (χ0) is 14.5. The van der Waals surface area contributed by atoms with E-state index in [0.29, 0.717) is 35.7 Å². The number of ether oxygens (including phenoxy) is 1. The second-order valence-corrected chi connectivity index (χ2v) is 4.37. The minimum atomic E-state index is -0.148. The average Bonchev–Trinajstić information content (AvgIpc) is 2.93. The Morgan fingerprint density at radius 3 is 2.85 bits per heavy atom. The molecule has 0 saturated carbocycles. The number of benzene rings is 1. The van der Waals surface area contributed by atoms with E-state index in [4.69, 9.17) is 14.9 Å². The number of methoxy groups -OCH3 is 1. The molecule has 0 unspecified atom stereocenters. The Balaban J connectivity index is 2.02. The van der Waals surface area contributed by atoms with Gasteiger partial charge in [0, 0.05) is 13.0 Å². The Kier molecular flexibility index (Phi) is 4.30. The number of amides is 1. The minimum Gasteiger partial charge on any atom is -0.495 e. The number of aryl methyl sites for hydroxylation is 1. The summed E-state index contributed by atoms with van der Waals surface area (Å²) in [5.74, 6) is 1.17. The second kappa shape index (κ2) is 6.14. The first kappa shape index (κ1) is 14.0. The average molecular weight is 274 g/mol. The van der Waals surface area contributed by atoms with Crippen LogP contribution in [-0.2, 0) is 13.0 Å². The molecule has 5 nitrogen and oxygen atoms in total. The van der Waals surface area contributed by atoms with Gasteiger partial charge in [-0.1, -0.05) is 13.0 Å². The van der Waals surface area contributed by atoms with Gasteiger partial charge in [-0.05, 0) is 23.8 Å². The van der Waals surface area contributed by atoms with Crippen molar-refractivity contribution >= 4 is 11.6 Å². The van der Waals surface area contributed by atoms with Crippen LogP contribution in [-0.4, -0.2) is 13.0 Å². The quantitative estimate of drug-likeness (QED) is 0.820. The number of anilines is 1. The fraction of sp³-hybridized carbons (Fsp3) is 0.267. The molecule has 1 amide bonds. The fourth-order valence-electron chi connectivity index (χ4n) is 1.99. The Labute approximate surface area is 117 Å². The molecule has 0 fully saturated rings. The van der Waals surface area contributed by atoms with Gasteiger partial charge >= 0.3 is 0 Å². The van der Waals surface area contributed by atoms with Crippen LogP contribution in [0.1, 0.15) is 28.6 Å². The standard InChI is InChI=1S/C15H18N2O3/c1-3-13-11(6-7-20-13)15(18)17-9-10-4-5-14(19-2)12(16)8-10/h4-8H,3,9,16H2,1-2H3,(H,17,18). The zero-order valence-corrected chi connectivity index (χ0v) is 11.6. The highest BCUT2D eigenvalue weighted by Crippen LogP contribution is 2.21. The number of rotatable bonds is 5. The second-order valence-electron chi connectivity index (χ2n) is 4.37. The molecule has 20 heavy (non-hydrogen) atoms. The number of carbonyl (C=O) groups is 1. The van der Waals surface area contributed by atoms with Crippen LogP contribution in [0.3, 0.4) is 0 Å². The summed E-state index contributed by atoms with van der Waals surface area (Å²) >= 11 is 0. The van der Waals surface area contributed by atoms with Gasteiger partial charge < -0.3 is 20.2 Å². The number of furan rings is 1. The van der Waals surface area contributed by atoms with E-state index in [1.165, 1.54) is 6.26 Å². The molecule has 0 bridgehead atoms. The van der Waals surface area contributed by atoms with E-state index in [0.717, 1.165) is 5.56 Å². The van der Waals surface area contributed by atoms with E-state index in [1.54, 1.807) is 25.3 Å². The van der Waals surface area contributed by atoms with Crippen molar-refractivity contribution in [1.29, 1.82) is 0 Å². The molecule has 1 aromatic heterocycles. The number of nitrogens with two attached hydrogens (primary N) is 1. The predicted molar refractivity (Wildman–Crippen MR) is 76.7 cm³/mol. The van der Waals surface area contributed by atoms with Crippen LogP contribution in [0.5, 0.6) is 5.75 Å². The van der Waals surface area contributed by atoms with Crippen LogP contribution in [0.25, 0.3) is 0 Å². The molecule has 2 rings (SSSR count). The Morgan fingerprint density at radius 2 is 2.20 bits per heavy atom. The molecule has 1 aromatic carbocycles. The summed E-state index contributed by atoms with van der Waals surface area (Å²) in [5.41, 5.74) is 7.87. The monoisotopic (exact) mass is 274 g/mol. The van der Waals surface area contributed by atoms with Crippen LogP contribution < -0.4 is 15.8 Å². The van der Waals surface area contributed by atoms with Gasteiger partial charge in [-0.3, -0.25) is 4.79 Å². The Morgan fingerprint density at radius 1 is 1.40 bits per heavy atom. The SMILES string of the molecule is CCc1occc1C(=O)NCc1ccc(OC)c(N)c1. The van der Waals surface area contributed by atoms with Crippen molar-refractivity contribution < 1.29 is 13.9 Å². The molecule has 0 radical (unpaired) electrons. The molecule has 0 aliphatic heterocycles. The molecular weight excluding hydrogens is 256 g/mol. The van der Waals surface area contributed by atoms with Crippen molar-refractivity contribution in [2.45, 2.75) is 19.9 Å². The van der Waals surface area contributed by atoms with Crippen molar-refractivity contribution in [3.63, 3.8) is 0 Å². The van der Waals surface area contributed by atoms with Crippen molar-refractivity contribution in [2.75, 3.05) is 12.8 Å². The Bertz CT molecular complexity index is 605. The first-order chi connectivity index (χ1) is 9.65. The van der Waals surface area contributed by atoms with E-state index in [2.05, 4.69) is 5.32 Å². The van der Waals surface area contributed by atoms with E-state index >= 15 is 0 Å². The maximum absolute atomic E-state index is 12.0. The van der Waals surface area contributed by atoms with Crippen LogP contribution >= 0.6 is 0 Å². The fourth-order valence-corrected chi connectivity index (χ4v) is 1.99. The lowest BCUT2D eigenvalue weighted by Crippen LogP contribution is -2.23. The molecule has 1 heterocycles. The molecular formula is C15H18N2O3. The first-order valence-electron chi connectivity index (χ1n) is 6.42. The predicted octanol–water partition coefficient (Wildman–Crippen LogP) is 2.36. The summed E-state index contributed by atoms with van der Waals surface area (Å²) in [6, 6.07) is 7.11. The lowest BCUT2D eigenvalue weighted by Gasteiger charge is -2.08. The molecule has 0 aliphatic carbocycles.